The summed E-state index contributed by atoms with van der Waals surface area (Å²) in [5.41, 5.74) is 5.88. The van der Waals surface area contributed by atoms with Crippen molar-refractivity contribution >= 4 is 40.6 Å². The number of hydrogen-bond acceptors (Lipinski definition) is 5. The van der Waals surface area contributed by atoms with E-state index < -0.39 is 0 Å². The second-order valence-corrected chi connectivity index (χ2v) is 9.94. The maximum absolute atomic E-state index is 12.2. The van der Waals surface area contributed by atoms with Gasteiger partial charge in [-0.1, -0.05) is 36.4 Å². The Morgan fingerprint density at radius 3 is 2.74 bits per heavy atom. The van der Waals surface area contributed by atoms with Crippen LogP contribution in [0.5, 0.6) is 0 Å². The van der Waals surface area contributed by atoms with Gasteiger partial charge in [-0.2, -0.15) is 0 Å². The van der Waals surface area contributed by atoms with E-state index in [4.69, 9.17) is 4.98 Å². The third-order valence-electron chi connectivity index (χ3n) is 6.49. The summed E-state index contributed by atoms with van der Waals surface area (Å²) in [6.45, 7) is 8.16. The van der Waals surface area contributed by atoms with Crippen LogP contribution in [0, 0.1) is 0 Å². The minimum Gasteiger partial charge on any atom is -0.343 e. The van der Waals surface area contributed by atoms with E-state index in [9.17, 15) is 4.79 Å². The Labute approximate surface area is 210 Å². The molecule has 0 atom stereocenters. The van der Waals surface area contributed by atoms with Gasteiger partial charge in [-0.3, -0.25) is 4.79 Å². The quantitative estimate of drug-likeness (QED) is 0.348. The lowest BCUT2D eigenvalue weighted by Crippen LogP contribution is -2.31. The van der Waals surface area contributed by atoms with Crippen LogP contribution >= 0.6 is 11.3 Å². The van der Waals surface area contributed by atoms with Gasteiger partial charge in [0.05, 0.1) is 0 Å². The molecule has 0 unspecified atom stereocenters. The molecule has 7 heteroatoms. The number of amides is 1. The van der Waals surface area contributed by atoms with Gasteiger partial charge < -0.3 is 9.80 Å². The number of carbonyl (C=O) groups is 1. The summed E-state index contributed by atoms with van der Waals surface area (Å²) in [4.78, 5) is 30.8. The Bertz CT molecular complexity index is 1290. The summed E-state index contributed by atoms with van der Waals surface area (Å²) in [6, 6.07) is 14.8. The van der Waals surface area contributed by atoms with Crippen LogP contribution < -0.4 is 9.80 Å². The minimum atomic E-state index is 0.234. The van der Waals surface area contributed by atoms with Crippen molar-refractivity contribution in [3.63, 3.8) is 0 Å². The lowest BCUT2D eigenvalue weighted by Gasteiger charge is -2.29. The first-order chi connectivity index (χ1) is 17.1. The van der Waals surface area contributed by atoms with Gasteiger partial charge >= 0.3 is 0 Å². The Morgan fingerprint density at radius 2 is 2.00 bits per heavy atom. The predicted molar refractivity (Wildman–Crippen MR) is 145 cm³/mol. The molecule has 178 valence electrons. The molecular weight excluding hydrogens is 454 g/mol. The van der Waals surface area contributed by atoms with Gasteiger partial charge in [0.25, 0.3) is 0 Å². The largest absolute Gasteiger partial charge is 0.343 e. The number of aliphatic imine (C=N–C) groups is 2. The average Bonchev–Trinajstić information content (AvgIpc) is 3.54. The summed E-state index contributed by atoms with van der Waals surface area (Å²) in [7, 11) is 0. The highest BCUT2D eigenvalue weighted by Crippen LogP contribution is 2.32. The maximum Gasteiger partial charge on any atom is 0.227 e. The second-order valence-electron chi connectivity index (χ2n) is 8.85. The van der Waals surface area contributed by atoms with Crippen molar-refractivity contribution in [3.05, 3.63) is 88.1 Å². The molecule has 3 heterocycles. The second kappa shape index (κ2) is 10.4. The molecule has 0 N–H and O–H groups in total. The number of allylic oxidation sites excluding steroid dienone is 1. The van der Waals surface area contributed by atoms with Gasteiger partial charge in [0, 0.05) is 61.0 Å². The third kappa shape index (κ3) is 5.10. The molecule has 1 aromatic heterocycles. The van der Waals surface area contributed by atoms with Gasteiger partial charge in [-0.05, 0) is 55.3 Å². The summed E-state index contributed by atoms with van der Waals surface area (Å²) in [5, 5.41) is 1.06. The van der Waals surface area contributed by atoms with E-state index in [1.165, 1.54) is 21.6 Å². The van der Waals surface area contributed by atoms with Gasteiger partial charge in [-0.25, -0.2) is 15.0 Å². The number of benzene rings is 2. The summed E-state index contributed by atoms with van der Waals surface area (Å²) >= 11 is 1.75. The predicted octanol–water partition coefficient (Wildman–Crippen LogP) is 5.40. The van der Waals surface area contributed by atoms with Crippen LogP contribution in [0.3, 0.4) is 0 Å². The lowest BCUT2D eigenvalue weighted by atomic mass is 9.99. The highest BCUT2D eigenvalue weighted by molar-refractivity contribution is 7.15. The molecule has 0 bridgehead atoms. The number of rotatable bonds is 6. The molecular formula is C28H29N5OS. The van der Waals surface area contributed by atoms with E-state index in [1.807, 2.05) is 36.2 Å². The molecule has 1 fully saturated rings. The normalized spacial score (nSPS) is 16.3. The van der Waals surface area contributed by atoms with E-state index in [-0.39, 0.29) is 5.91 Å². The fourth-order valence-corrected chi connectivity index (χ4v) is 5.61. The van der Waals surface area contributed by atoms with Crippen molar-refractivity contribution in [2.75, 3.05) is 22.9 Å². The Balaban J connectivity index is 1.26. The Morgan fingerprint density at radius 1 is 1.14 bits per heavy atom. The highest BCUT2D eigenvalue weighted by Gasteiger charge is 2.24. The van der Waals surface area contributed by atoms with E-state index in [1.54, 1.807) is 17.5 Å². The smallest absolute Gasteiger partial charge is 0.227 e. The zero-order chi connectivity index (χ0) is 24.2. The van der Waals surface area contributed by atoms with Crippen LogP contribution in [0.1, 0.15) is 46.9 Å². The van der Waals surface area contributed by atoms with Crippen LogP contribution in [0.15, 0.2) is 70.9 Å². The number of amidine groups is 1. The molecule has 0 spiro atoms. The molecule has 2 aliphatic heterocycles. The van der Waals surface area contributed by atoms with E-state index in [2.05, 4.69) is 51.9 Å². The molecule has 0 radical (unpaired) electrons. The molecule has 5 rings (SSSR count). The van der Waals surface area contributed by atoms with Gasteiger partial charge in [0.15, 0.2) is 11.0 Å². The summed E-state index contributed by atoms with van der Waals surface area (Å²) in [6.07, 6.45) is 9.03. The number of nitrogens with zero attached hydrogens (tertiary/aromatic N) is 5. The molecule has 1 saturated heterocycles. The molecule has 2 aromatic carbocycles. The molecule has 35 heavy (non-hydrogen) atoms. The number of anilines is 2. The molecule has 2 aliphatic rings. The zero-order valence-corrected chi connectivity index (χ0v) is 20.8. The van der Waals surface area contributed by atoms with Crippen LogP contribution in [-0.2, 0) is 24.2 Å². The molecule has 1 amide bonds. The monoisotopic (exact) mass is 483 g/mol. The number of carbonyl (C=O) groups excluding carboxylic acids is 1. The average molecular weight is 484 g/mol. The first-order valence-electron chi connectivity index (χ1n) is 12.0. The van der Waals surface area contributed by atoms with Crippen molar-refractivity contribution in [1.29, 1.82) is 0 Å². The van der Waals surface area contributed by atoms with Crippen LogP contribution in [0.4, 0.5) is 10.8 Å². The van der Waals surface area contributed by atoms with Crippen LogP contribution in [-0.4, -0.2) is 36.5 Å². The molecule has 3 aromatic rings. The van der Waals surface area contributed by atoms with E-state index in [0.717, 1.165) is 55.3 Å². The molecule has 0 saturated carbocycles. The third-order valence-corrected chi connectivity index (χ3v) is 7.54. The zero-order valence-electron chi connectivity index (χ0n) is 20.0. The van der Waals surface area contributed by atoms with Crippen molar-refractivity contribution in [1.82, 2.24) is 4.98 Å². The molecule has 0 aliphatic carbocycles. The standard InChI is InChI=1S/C28H29N5OS/c1-3-13-30-27(29-2)22-8-6-20(7-9-22)16-25-18-31-28(35-25)32-15-12-21-10-11-24(17-23(21)19-32)33-14-4-5-26(33)34/h3,6-11,13,17-18H,2,4-5,12,14-16,19H2,1H3/b13-3-,30-27?. The maximum atomic E-state index is 12.2. The van der Waals surface area contributed by atoms with E-state index in [0.29, 0.717) is 12.3 Å². The topological polar surface area (TPSA) is 61.2 Å². The van der Waals surface area contributed by atoms with Gasteiger partial charge in [0.2, 0.25) is 5.91 Å². The Hall–Kier alpha value is -3.58. The summed E-state index contributed by atoms with van der Waals surface area (Å²) in [5.74, 6) is 0.856. The first kappa shape index (κ1) is 23.2. The van der Waals surface area contributed by atoms with Crippen molar-refractivity contribution in [3.8, 4) is 0 Å². The minimum absolute atomic E-state index is 0.234. The fourth-order valence-electron chi connectivity index (χ4n) is 4.65. The molecule has 6 nitrogen and oxygen atoms in total. The van der Waals surface area contributed by atoms with Crippen molar-refractivity contribution in [2.45, 2.75) is 39.2 Å². The number of thiazole rings is 1. The van der Waals surface area contributed by atoms with Crippen LogP contribution in [0.2, 0.25) is 0 Å². The van der Waals surface area contributed by atoms with Crippen molar-refractivity contribution < 1.29 is 4.79 Å². The SMILES string of the molecule is C=NC(=N/C=C\C)c1ccc(Cc2cnc(N3CCc4ccc(N5CCCC5=O)cc4C3)s2)cc1. The van der Waals surface area contributed by atoms with Crippen LogP contribution in [0.25, 0.3) is 0 Å². The number of hydrogen-bond donors (Lipinski definition) is 0. The van der Waals surface area contributed by atoms with Crippen molar-refractivity contribution in [2.24, 2.45) is 9.98 Å². The number of aromatic nitrogens is 1. The van der Waals surface area contributed by atoms with Gasteiger partial charge in [-0.15, -0.1) is 11.3 Å². The highest BCUT2D eigenvalue weighted by atomic mass is 32.1. The summed E-state index contributed by atoms with van der Waals surface area (Å²) < 4.78 is 0. The number of fused-ring (bicyclic) bond motifs is 1. The van der Waals surface area contributed by atoms with Gasteiger partial charge in [0.1, 0.15) is 0 Å². The lowest BCUT2D eigenvalue weighted by molar-refractivity contribution is -0.117. The first-order valence-corrected chi connectivity index (χ1v) is 12.8. The Kier molecular flexibility index (Phi) is 6.86. The van der Waals surface area contributed by atoms with E-state index >= 15 is 0 Å². The fraction of sp³-hybridized carbons (Fsp3) is 0.286.